The summed E-state index contributed by atoms with van der Waals surface area (Å²) in [5.74, 6) is 4.82. The molecule has 0 spiro atoms. The Morgan fingerprint density at radius 1 is 0.878 bits per heavy atom. The number of nitrogens with zero attached hydrogens (tertiary/aromatic N) is 9. The summed E-state index contributed by atoms with van der Waals surface area (Å²) in [7, 11) is 0. The minimum atomic E-state index is 0.501. The Balaban J connectivity index is 1.06. The number of pyridine rings is 2. The van der Waals surface area contributed by atoms with Gasteiger partial charge in [0.05, 0.1) is 29.7 Å². The van der Waals surface area contributed by atoms with Crippen LogP contribution in [-0.4, -0.2) is 49.5 Å². The Morgan fingerprint density at radius 3 is 2.51 bits per heavy atom. The van der Waals surface area contributed by atoms with Crippen LogP contribution in [0.5, 0.6) is 0 Å². The second kappa shape index (κ2) is 14.3. The third kappa shape index (κ3) is 7.07. The summed E-state index contributed by atoms with van der Waals surface area (Å²) in [4.78, 5) is 37.2. The molecular weight excluding hydrogens is 653 g/mol. The fourth-order valence-electron chi connectivity index (χ4n) is 6.00. The van der Waals surface area contributed by atoms with Crippen LogP contribution >= 0.6 is 23.5 Å². The summed E-state index contributed by atoms with van der Waals surface area (Å²) in [5.41, 5.74) is 6.07. The number of aromatic nitrogens is 10. The predicted octanol–water partition coefficient (Wildman–Crippen LogP) is 6.77. The Hall–Kier alpha value is -4.30. The van der Waals surface area contributed by atoms with E-state index < -0.39 is 0 Å². The lowest BCUT2D eigenvalue weighted by atomic mass is 10.2. The number of hydrogen-bond donors (Lipinski definition) is 3. The third-order valence-electron chi connectivity index (χ3n) is 8.87. The van der Waals surface area contributed by atoms with Gasteiger partial charge in [-0.05, 0) is 79.6 Å². The first-order chi connectivity index (χ1) is 24.2. The zero-order chi connectivity index (χ0) is 33.2. The first kappa shape index (κ1) is 31.9. The number of fused-ring (bicyclic) bond motifs is 2. The van der Waals surface area contributed by atoms with Gasteiger partial charge in [0.15, 0.2) is 22.3 Å². The molecule has 2 aliphatic carbocycles. The van der Waals surface area contributed by atoms with Gasteiger partial charge in [0.2, 0.25) is 5.82 Å². The fraction of sp³-hybridized carbons (Fsp3) is 0.429. The number of imidazole rings is 2. The van der Waals surface area contributed by atoms with Crippen molar-refractivity contribution in [3.05, 3.63) is 72.0 Å². The van der Waals surface area contributed by atoms with Gasteiger partial charge < -0.3 is 20.2 Å². The Morgan fingerprint density at radius 2 is 1.71 bits per heavy atom. The second-order valence-corrected chi connectivity index (χ2v) is 15.0. The minimum Gasteiger partial charge on any atom is -0.379 e. The average Bonchev–Trinajstić information content (AvgIpc) is 4.07. The number of thioether (sulfide) groups is 2. The van der Waals surface area contributed by atoms with E-state index >= 15 is 0 Å². The van der Waals surface area contributed by atoms with Crippen LogP contribution in [0.1, 0.15) is 87.0 Å². The number of rotatable bonds is 16. The Kier molecular flexibility index (Phi) is 9.31. The van der Waals surface area contributed by atoms with Gasteiger partial charge in [0.25, 0.3) is 5.65 Å². The highest BCUT2D eigenvalue weighted by atomic mass is 32.2. The summed E-state index contributed by atoms with van der Waals surface area (Å²) in [6.45, 7) is 7.38. The summed E-state index contributed by atoms with van der Waals surface area (Å²) < 4.78 is 4.53. The van der Waals surface area contributed by atoms with Crippen molar-refractivity contribution in [1.82, 2.24) is 44.4 Å². The maximum atomic E-state index is 5.26. The van der Waals surface area contributed by atoms with Gasteiger partial charge in [0.1, 0.15) is 11.5 Å². The standard InChI is InChI=1S/C35H40N12S2/c1-3-15-46-32-27(41-29(43-32)23-5-6-23)20-40-34(46)48-21-49-35-45-31(28-33(47(35)16-4-2)44-30(42-28)24-7-8-24)39-18-25-11-14-37-19-26(25)38-17-22-9-12-36-13-10-22/h9-14,19-20,23-24,38H,3-8,15-18,21H2,1-2H3,(H,39,42,44)/p+1. The molecule has 0 saturated heterocycles. The van der Waals surface area contributed by atoms with Crippen molar-refractivity contribution in [1.29, 1.82) is 0 Å². The van der Waals surface area contributed by atoms with E-state index in [1.807, 2.05) is 49.2 Å². The number of anilines is 2. The predicted molar refractivity (Wildman–Crippen MR) is 193 cm³/mol. The minimum absolute atomic E-state index is 0.501. The zero-order valence-electron chi connectivity index (χ0n) is 27.9. The molecule has 4 aromatic rings. The van der Waals surface area contributed by atoms with Gasteiger partial charge in [-0.15, -0.1) is 0 Å². The van der Waals surface area contributed by atoms with Gasteiger partial charge in [0, 0.05) is 50.1 Å². The van der Waals surface area contributed by atoms with Crippen molar-refractivity contribution in [2.75, 3.05) is 15.7 Å². The molecule has 8 rings (SSSR count). The molecule has 0 radical (unpaired) electrons. The van der Waals surface area contributed by atoms with Crippen molar-refractivity contribution in [2.24, 2.45) is 0 Å². The first-order valence-corrected chi connectivity index (χ1v) is 19.3. The number of aromatic amines is 1. The van der Waals surface area contributed by atoms with Crippen molar-refractivity contribution in [2.45, 2.75) is 101 Å². The van der Waals surface area contributed by atoms with Crippen LogP contribution in [0.3, 0.4) is 0 Å². The van der Waals surface area contributed by atoms with E-state index in [4.69, 9.17) is 24.9 Å². The molecular formula is C35H41N12S2+. The molecule has 0 aromatic carbocycles. The van der Waals surface area contributed by atoms with Gasteiger partial charge >= 0.3 is 5.16 Å². The third-order valence-corrected chi connectivity index (χ3v) is 11.0. The monoisotopic (exact) mass is 693 g/mol. The number of hydrogen-bond acceptors (Lipinski definition) is 11. The largest absolute Gasteiger partial charge is 0.379 e. The van der Waals surface area contributed by atoms with E-state index in [9.17, 15) is 0 Å². The topological polar surface area (TPSA) is 139 Å². The van der Waals surface area contributed by atoms with Crippen molar-refractivity contribution < 1.29 is 4.57 Å². The second-order valence-electron chi connectivity index (χ2n) is 12.7. The summed E-state index contributed by atoms with van der Waals surface area (Å²) >= 11 is 3.46. The van der Waals surface area contributed by atoms with Crippen LogP contribution in [0.15, 0.2) is 59.5 Å². The number of nitrogens with one attached hydrogen (secondary N) is 3. The molecule has 252 valence electrons. The number of aryl methyl sites for hydroxylation is 1. The lowest BCUT2D eigenvalue weighted by Crippen LogP contribution is -2.39. The molecule has 4 aromatic heterocycles. The highest BCUT2D eigenvalue weighted by Crippen LogP contribution is 2.41. The summed E-state index contributed by atoms with van der Waals surface area (Å²) in [6, 6.07) is 6.08. The maximum Gasteiger partial charge on any atom is 0.302 e. The summed E-state index contributed by atoms with van der Waals surface area (Å²) in [5, 5.41) is 9.87. The van der Waals surface area contributed by atoms with Gasteiger partial charge in [-0.2, -0.15) is 0 Å². The molecule has 0 bridgehead atoms. The van der Waals surface area contributed by atoms with Crippen LogP contribution in [0, 0.1) is 0 Å². The van der Waals surface area contributed by atoms with E-state index in [1.165, 1.54) is 25.7 Å². The molecule has 49 heavy (non-hydrogen) atoms. The van der Waals surface area contributed by atoms with Crippen LogP contribution in [-0.2, 0) is 26.2 Å². The van der Waals surface area contributed by atoms with Crippen LogP contribution < -0.4 is 15.2 Å². The fourth-order valence-corrected chi connectivity index (χ4v) is 8.03. The lowest BCUT2D eigenvalue weighted by Gasteiger charge is -2.14. The molecule has 2 saturated carbocycles. The van der Waals surface area contributed by atoms with Crippen molar-refractivity contribution >= 4 is 46.2 Å². The Bertz CT molecular complexity index is 2020. The molecule has 0 atom stereocenters. The maximum absolute atomic E-state index is 5.26. The molecule has 3 N–H and O–H groups in total. The zero-order valence-corrected chi connectivity index (χ0v) is 29.5. The molecule has 2 aliphatic heterocycles. The van der Waals surface area contributed by atoms with Crippen LogP contribution in [0.25, 0.3) is 22.7 Å². The summed E-state index contributed by atoms with van der Waals surface area (Å²) in [6.07, 6.45) is 15.9. The molecule has 6 heterocycles. The van der Waals surface area contributed by atoms with E-state index in [1.54, 1.807) is 23.5 Å². The molecule has 0 unspecified atom stereocenters. The van der Waals surface area contributed by atoms with E-state index in [-0.39, 0.29) is 0 Å². The van der Waals surface area contributed by atoms with Crippen molar-refractivity contribution in [3.8, 4) is 11.5 Å². The first-order valence-electron chi connectivity index (χ1n) is 17.3. The van der Waals surface area contributed by atoms with E-state index in [0.29, 0.717) is 24.9 Å². The smallest absolute Gasteiger partial charge is 0.302 e. The van der Waals surface area contributed by atoms with Gasteiger partial charge in [-0.25, -0.2) is 19.5 Å². The highest BCUT2D eigenvalue weighted by Gasteiger charge is 2.33. The molecule has 12 nitrogen and oxygen atoms in total. The SMILES string of the molecule is CCCn1c(SCSc2nc(NCc3ccncc3NCc3ccncc3)c3[nH]c(C4CC4)nc3[n+]2CCC)ncc2nc(C3CC3)nc1-2. The number of H-pyrrole nitrogens is 1. The normalized spacial score (nSPS) is 14.6. The molecule has 2 fully saturated rings. The molecule has 14 heteroatoms. The lowest BCUT2D eigenvalue weighted by molar-refractivity contribution is -0.713. The Labute approximate surface area is 294 Å². The molecule has 4 aliphatic rings. The van der Waals surface area contributed by atoms with Crippen LogP contribution in [0.4, 0.5) is 11.5 Å². The van der Waals surface area contributed by atoms with Crippen molar-refractivity contribution in [3.63, 3.8) is 0 Å². The average molecular weight is 694 g/mol. The van der Waals surface area contributed by atoms with Gasteiger partial charge in [-0.1, -0.05) is 35.6 Å². The van der Waals surface area contributed by atoms with Gasteiger partial charge in [-0.3, -0.25) is 9.97 Å². The quantitative estimate of drug-likeness (QED) is 0.0429. The van der Waals surface area contributed by atoms with Crippen LogP contribution in [0.2, 0.25) is 0 Å². The highest BCUT2D eigenvalue weighted by molar-refractivity contribution is 8.15. The molecule has 0 amide bonds. The van der Waals surface area contributed by atoms with E-state index in [0.717, 1.165) is 98.3 Å². The van der Waals surface area contributed by atoms with E-state index in [2.05, 4.69) is 48.6 Å².